The van der Waals surface area contributed by atoms with Crippen molar-refractivity contribution in [2.24, 2.45) is 22.7 Å². The highest BCUT2D eigenvalue weighted by molar-refractivity contribution is 5.76. The van der Waals surface area contributed by atoms with Gasteiger partial charge in [-0.2, -0.15) is 0 Å². The molecule has 2 saturated carbocycles. The van der Waals surface area contributed by atoms with E-state index in [0.29, 0.717) is 25.0 Å². The van der Waals surface area contributed by atoms with Crippen LogP contribution in [0, 0.1) is 34.3 Å². The Hall–Kier alpha value is -2.35. The van der Waals surface area contributed by atoms with Gasteiger partial charge in [-0.1, -0.05) is 44.2 Å². The highest BCUT2D eigenvalue weighted by Gasteiger charge is 2.61. The van der Waals surface area contributed by atoms with Crippen LogP contribution in [0.2, 0.25) is 0 Å². The number of carbonyl (C=O) groups is 1. The van der Waals surface area contributed by atoms with Crippen molar-refractivity contribution in [1.29, 1.82) is 0 Å². The number of aliphatic hydroxyl groups excluding tert-OH is 1. The summed E-state index contributed by atoms with van der Waals surface area (Å²) >= 11 is 0. The maximum absolute atomic E-state index is 13.5. The molecule has 1 amide bonds. The molecule has 0 spiro atoms. The molecule has 7 atom stereocenters. The topological polar surface area (TPSA) is 67.8 Å². The number of carbonyl (C=O) groups excluding carboxylic acids is 1. The van der Waals surface area contributed by atoms with Crippen molar-refractivity contribution in [3.63, 3.8) is 0 Å². The number of aliphatic hydroxyl groups is 1. The third kappa shape index (κ3) is 5.31. The second-order valence-electron chi connectivity index (χ2n) is 11.7. The van der Waals surface area contributed by atoms with E-state index < -0.39 is 17.7 Å². The summed E-state index contributed by atoms with van der Waals surface area (Å²) in [7, 11) is 0. The summed E-state index contributed by atoms with van der Waals surface area (Å²) in [5.74, 6) is -1.53. The predicted molar refractivity (Wildman–Crippen MR) is 135 cm³/mol. The average Bonchev–Trinajstić information content (AvgIpc) is 2.85. The van der Waals surface area contributed by atoms with E-state index in [4.69, 9.17) is 9.47 Å². The van der Waals surface area contributed by atoms with E-state index in [1.807, 2.05) is 18.2 Å². The molecule has 0 radical (unpaired) electrons. The van der Waals surface area contributed by atoms with E-state index in [0.717, 1.165) is 25.3 Å². The lowest BCUT2D eigenvalue weighted by Crippen LogP contribution is -2.63. The second-order valence-corrected chi connectivity index (χ2v) is 11.7. The normalized spacial score (nSPS) is 35.3. The SMILES string of the molecule is C[C@@]12CO[C@@H](Cc3ccccc3)O[C@@H]1CC[C@]1(C)[C@@H]2CC[C@@H](O)[C@H]1CC(=O)NCc1cc(F)cc(F)c1. The third-order valence-electron chi connectivity index (χ3n) is 9.29. The zero-order chi connectivity index (χ0) is 26.2. The molecule has 2 aliphatic carbocycles. The molecule has 1 aliphatic heterocycles. The minimum atomic E-state index is -0.671. The first-order valence-corrected chi connectivity index (χ1v) is 13.4. The highest BCUT2D eigenvalue weighted by atomic mass is 19.1. The molecule has 1 heterocycles. The van der Waals surface area contributed by atoms with Crippen LogP contribution < -0.4 is 5.32 Å². The molecule has 2 aromatic rings. The molecule has 5 nitrogen and oxygen atoms in total. The van der Waals surface area contributed by atoms with Gasteiger partial charge in [0, 0.05) is 30.9 Å². The van der Waals surface area contributed by atoms with Crippen LogP contribution in [0.1, 0.15) is 57.1 Å². The van der Waals surface area contributed by atoms with Gasteiger partial charge in [-0.15, -0.1) is 0 Å². The van der Waals surface area contributed by atoms with E-state index in [-0.39, 0.29) is 53.9 Å². The van der Waals surface area contributed by atoms with Crippen LogP contribution in [0.15, 0.2) is 48.5 Å². The Bertz CT molecular complexity index is 1090. The summed E-state index contributed by atoms with van der Waals surface area (Å²) in [6.07, 6.45) is 3.32. The summed E-state index contributed by atoms with van der Waals surface area (Å²) in [4.78, 5) is 12.9. The Morgan fingerprint density at radius 2 is 1.76 bits per heavy atom. The lowest BCUT2D eigenvalue weighted by Gasteiger charge is -2.63. The highest BCUT2D eigenvalue weighted by Crippen LogP contribution is 2.62. The number of nitrogens with one attached hydrogen (secondary N) is 1. The molecule has 0 unspecified atom stereocenters. The first kappa shape index (κ1) is 26.3. The van der Waals surface area contributed by atoms with Gasteiger partial charge in [0.2, 0.25) is 5.91 Å². The van der Waals surface area contributed by atoms with Crippen LogP contribution >= 0.6 is 0 Å². The molecular formula is C30H37F2NO4. The number of halogens is 2. The number of hydrogen-bond donors (Lipinski definition) is 2. The fraction of sp³-hybridized carbons (Fsp3) is 0.567. The van der Waals surface area contributed by atoms with Crippen molar-refractivity contribution in [2.45, 2.75) is 77.4 Å². The standard InChI is InChI=1S/C30H37F2NO4/c1-29-11-10-26-30(2,18-36-28(37-26)14-19-6-4-3-5-7-19)25(29)9-8-24(34)23(29)16-27(35)33-17-20-12-21(31)15-22(32)13-20/h3-7,12-13,15,23-26,28,34H,8-11,14,16-18H2,1-2H3,(H,33,35)/t23-,24-,25+,26-,28-,29+,30+/m1/s1. The van der Waals surface area contributed by atoms with E-state index in [1.54, 1.807) is 0 Å². The number of fused-ring (bicyclic) bond motifs is 3. The van der Waals surface area contributed by atoms with Gasteiger partial charge in [0.15, 0.2) is 6.29 Å². The fourth-order valence-electron chi connectivity index (χ4n) is 7.39. The zero-order valence-corrected chi connectivity index (χ0v) is 21.6. The van der Waals surface area contributed by atoms with E-state index in [2.05, 4.69) is 31.3 Å². The maximum Gasteiger partial charge on any atom is 0.220 e. The number of benzene rings is 2. The second kappa shape index (κ2) is 10.4. The number of amides is 1. The molecule has 0 bridgehead atoms. The molecule has 2 N–H and O–H groups in total. The van der Waals surface area contributed by atoms with Gasteiger partial charge in [0.05, 0.1) is 18.8 Å². The van der Waals surface area contributed by atoms with Gasteiger partial charge in [0.25, 0.3) is 0 Å². The Kier molecular flexibility index (Phi) is 7.40. The minimum absolute atomic E-state index is 0.0424. The summed E-state index contributed by atoms with van der Waals surface area (Å²) in [6.45, 7) is 5.08. The van der Waals surface area contributed by atoms with Gasteiger partial charge in [-0.3, -0.25) is 4.79 Å². The van der Waals surface area contributed by atoms with Gasteiger partial charge in [-0.25, -0.2) is 8.78 Å². The lowest BCUT2D eigenvalue weighted by atomic mass is 9.46. The molecule has 7 heteroatoms. The van der Waals surface area contributed by atoms with E-state index in [9.17, 15) is 18.7 Å². The molecule has 37 heavy (non-hydrogen) atoms. The van der Waals surface area contributed by atoms with Crippen LogP contribution in [0.25, 0.3) is 0 Å². The number of hydrogen-bond acceptors (Lipinski definition) is 4. The van der Waals surface area contributed by atoms with Crippen LogP contribution in [0.4, 0.5) is 8.78 Å². The van der Waals surface area contributed by atoms with E-state index >= 15 is 0 Å². The van der Waals surface area contributed by atoms with Crippen molar-refractivity contribution in [1.82, 2.24) is 5.32 Å². The molecular weight excluding hydrogens is 476 g/mol. The molecule has 3 aliphatic rings. The molecule has 3 fully saturated rings. The maximum atomic E-state index is 13.5. The van der Waals surface area contributed by atoms with Crippen LogP contribution in [0.3, 0.4) is 0 Å². The summed E-state index contributed by atoms with van der Waals surface area (Å²) in [5, 5.41) is 13.8. The Labute approximate surface area is 217 Å². The molecule has 0 aromatic heterocycles. The number of rotatable bonds is 6. The van der Waals surface area contributed by atoms with Gasteiger partial charge >= 0.3 is 0 Å². The van der Waals surface area contributed by atoms with Gasteiger partial charge in [0.1, 0.15) is 11.6 Å². The van der Waals surface area contributed by atoms with Crippen molar-refractivity contribution in [2.75, 3.05) is 6.61 Å². The van der Waals surface area contributed by atoms with Crippen LogP contribution in [-0.4, -0.2) is 36.1 Å². The third-order valence-corrected chi connectivity index (χ3v) is 9.29. The van der Waals surface area contributed by atoms with Gasteiger partial charge in [-0.05, 0) is 66.2 Å². The van der Waals surface area contributed by atoms with E-state index in [1.165, 1.54) is 17.7 Å². The smallest absolute Gasteiger partial charge is 0.220 e. The minimum Gasteiger partial charge on any atom is -0.393 e. The Morgan fingerprint density at radius 3 is 2.49 bits per heavy atom. The van der Waals surface area contributed by atoms with Crippen molar-refractivity contribution in [3.8, 4) is 0 Å². The zero-order valence-electron chi connectivity index (χ0n) is 21.6. The molecule has 200 valence electrons. The molecule has 1 saturated heterocycles. The monoisotopic (exact) mass is 513 g/mol. The van der Waals surface area contributed by atoms with Crippen molar-refractivity contribution >= 4 is 5.91 Å². The number of ether oxygens (including phenoxy) is 2. The van der Waals surface area contributed by atoms with Gasteiger partial charge < -0.3 is 19.9 Å². The van der Waals surface area contributed by atoms with Crippen molar-refractivity contribution in [3.05, 3.63) is 71.3 Å². The Balaban J connectivity index is 1.25. The predicted octanol–water partition coefficient (Wildman–Crippen LogP) is 5.15. The quantitative estimate of drug-likeness (QED) is 0.561. The lowest BCUT2D eigenvalue weighted by molar-refractivity contribution is -0.308. The average molecular weight is 514 g/mol. The van der Waals surface area contributed by atoms with Crippen LogP contribution in [-0.2, 0) is 27.2 Å². The van der Waals surface area contributed by atoms with Crippen molar-refractivity contribution < 1.29 is 28.2 Å². The fourth-order valence-corrected chi connectivity index (χ4v) is 7.39. The Morgan fingerprint density at radius 1 is 1.03 bits per heavy atom. The molecule has 2 aromatic carbocycles. The first-order chi connectivity index (χ1) is 17.7. The van der Waals surface area contributed by atoms with Crippen LogP contribution in [0.5, 0.6) is 0 Å². The summed E-state index contributed by atoms with van der Waals surface area (Å²) < 4.78 is 39.8. The largest absolute Gasteiger partial charge is 0.393 e. The summed E-state index contributed by atoms with van der Waals surface area (Å²) in [6, 6.07) is 13.5. The summed E-state index contributed by atoms with van der Waals surface area (Å²) in [5.41, 5.74) is 1.11. The molecule has 5 rings (SSSR count). The first-order valence-electron chi connectivity index (χ1n) is 13.4.